The van der Waals surface area contributed by atoms with Crippen LogP contribution in [0.2, 0.25) is 0 Å². The molecule has 4 rings (SSSR count). The summed E-state index contributed by atoms with van der Waals surface area (Å²) in [6.07, 6.45) is 4.98. The van der Waals surface area contributed by atoms with Gasteiger partial charge in [0.25, 0.3) is 5.56 Å². The number of furan rings is 1. The molecule has 0 bridgehead atoms. The van der Waals surface area contributed by atoms with Gasteiger partial charge in [-0.05, 0) is 26.7 Å². The van der Waals surface area contributed by atoms with E-state index in [1.165, 1.54) is 4.68 Å². The molecule has 0 aliphatic carbocycles. The third kappa shape index (κ3) is 3.01. The fourth-order valence-electron chi connectivity index (χ4n) is 3.61. The second-order valence-corrected chi connectivity index (χ2v) is 7.13. The summed E-state index contributed by atoms with van der Waals surface area (Å²) in [6.45, 7) is 6.26. The van der Waals surface area contributed by atoms with Crippen molar-refractivity contribution in [3.63, 3.8) is 0 Å². The minimum absolute atomic E-state index is 0.0771. The smallest absolute Gasteiger partial charge is 0.291 e. The zero-order valence-corrected chi connectivity index (χ0v) is 15.0. The van der Waals surface area contributed by atoms with Crippen molar-refractivity contribution in [2.75, 3.05) is 13.1 Å². The Labute approximate surface area is 150 Å². The van der Waals surface area contributed by atoms with Crippen LogP contribution in [-0.2, 0) is 11.3 Å². The van der Waals surface area contributed by atoms with E-state index < -0.39 is 0 Å². The number of rotatable bonds is 4. The van der Waals surface area contributed by atoms with Gasteiger partial charge in [0, 0.05) is 37.3 Å². The number of nitrogens with one attached hydrogen (secondary N) is 1. The molecule has 1 aliphatic rings. The van der Waals surface area contributed by atoms with E-state index in [1.54, 1.807) is 29.1 Å². The summed E-state index contributed by atoms with van der Waals surface area (Å²) in [4.78, 5) is 27.4. The Hall–Kier alpha value is -2.61. The number of piperidine rings is 1. The topological polar surface area (TPSA) is 84.8 Å². The summed E-state index contributed by atoms with van der Waals surface area (Å²) in [5.41, 5.74) is 1.57. The van der Waals surface area contributed by atoms with E-state index in [0.717, 1.165) is 31.4 Å². The molecule has 0 radical (unpaired) electrons. The molecular weight excluding hydrogens is 334 g/mol. The second kappa shape index (κ2) is 6.60. The van der Waals surface area contributed by atoms with Crippen LogP contribution in [-0.4, -0.2) is 50.2 Å². The fraction of sp³-hybridized carbons (Fsp3) is 0.500. The Morgan fingerprint density at radius 1 is 1.35 bits per heavy atom. The van der Waals surface area contributed by atoms with E-state index in [4.69, 9.17) is 4.42 Å². The van der Waals surface area contributed by atoms with Gasteiger partial charge in [0.1, 0.15) is 18.4 Å². The predicted octanol–water partition coefficient (Wildman–Crippen LogP) is 1.23. The number of fused-ring (bicyclic) bond motifs is 3. The molecule has 1 amide bonds. The molecule has 1 N–H and O–H groups in total. The van der Waals surface area contributed by atoms with Crippen LogP contribution in [0.25, 0.3) is 16.6 Å². The van der Waals surface area contributed by atoms with Gasteiger partial charge in [-0.2, -0.15) is 5.10 Å². The Morgan fingerprint density at radius 2 is 2.12 bits per heavy atom. The van der Waals surface area contributed by atoms with Gasteiger partial charge in [-0.25, -0.2) is 4.68 Å². The standard InChI is InChI=1S/C18H23N5O3/c1-12(2)21-6-3-13(4-7-21)20-17(24)10-23-18(25)15-9-16-14(5-8-26-16)22(15)11-19-23/h5,8-9,11-13H,3-4,6-7,10H2,1-2H3,(H,20,24). The van der Waals surface area contributed by atoms with Gasteiger partial charge in [0.05, 0.1) is 11.8 Å². The summed E-state index contributed by atoms with van der Waals surface area (Å²) >= 11 is 0. The van der Waals surface area contributed by atoms with E-state index in [1.807, 2.05) is 0 Å². The Morgan fingerprint density at radius 3 is 2.85 bits per heavy atom. The van der Waals surface area contributed by atoms with Crippen molar-refractivity contribution in [1.29, 1.82) is 0 Å². The van der Waals surface area contributed by atoms with Crippen molar-refractivity contribution in [2.45, 2.75) is 45.3 Å². The van der Waals surface area contributed by atoms with Crippen molar-refractivity contribution in [1.82, 2.24) is 24.4 Å². The molecule has 1 saturated heterocycles. The second-order valence-electron chi connectivity index (χ2n) is 7.13. The molecule has 8 nitrogen and oxygen atoms in total. The number of hydrogen-bond acceptors (Lipinski definition) is 5. The molecule has 26 heavy (non-hydrogen) atoms. The number of hydrogen-bond donors (Lipinski definition) is 1. The molecule has 3 aromatic rings. The normalized spacial score (nSPS) is 16.7. The lowest BCUT2D eigenvalue weighted by Gasteiger charge is -2.34. The molecular formula is C18H23N5O3. The molecule has 0 saturated carbocycles. The maximum absolute atomic E-state index is 12.6. The molecule has 1 fully saturated rings. The lowest BCUT2D eigenvalue weighted by Crippen LogP contribution is -2.47. The summed E-state index contributed by atoms with van der Waals surface area (Å²) in [5, 5.41) is 7.17. The van der Waals surface area contributed by atoms with Crippen LogP contribution < -0.4 is 10.9 Å². The number of amides is 1. The number of carbonyl (C=O) groups is 1. The van der Waals surface area contributed by atoms with Crippen LogP contribution in [0.5, 0.6) is 0 Å². The van der Waals surface area contributed by atoms with Crippen molar-refractivity contribution in [3.05, 3.63) is 35.1 Å². The van der Waals surface area contributed by atoms with Gasteiger partial charge in [0.2, 0.25) is 5.91 Å². The van der Waals surface area contributed by atoms with Crippen LogP contribution >= 0.6 is 0 Å². The molecule has 0 aromatic carbocycles. The van der Waals surface area contributed by atoms with Crippen molar-refractivity contribution >= 4 is 22.5 Å². The zero-order valence-electron chi connectivity index (χ0n) is 15.0. The highest BCUT2D eigenvalue weighted by molar-refractivity contribution is 5.82. The third-order valence-electron chi connectivity index (χ3n) is 5.14. The SMILES string of the molecule is CC(C)N1CCC(NC(=O)Cn2ncn3c(cc4occc43)c2=O)CC1. The number of nitrogens with zero attached hydrogens (tertiary/aromatic N) is 4. The Kier molecular flexibility index (Phi) is 4.28. The Balaban J connectivity index is 1.44. The van der Waals surface area contributed by atoms with Crippen molar-refractivity contribution < 1.29 is 9.21 Å². The first-order valence-corrected chi connectivity index (χ1v) is 9.00. The van der Waals surface area contributed by atoms with E-state index in [9.17, 15) is 9.59 Å². The molecule has 0 atom stereocenters. The highest BCUT2D eigenvalue weighted by atomic mass is 16.3. The van der Waals surface area contributed by atoms with Gasteiger partial charge >= 0.3 is 0 Å². The highest BCUT2D eigenvalue weighted by Gasteiger charge is 2.22. The first-order valence-electron chi connectivity index (χ1n) is 9.00. The van der Waals surface area contributed by atoms with Crippen LogP contribution in [0.4, 0.5) is 0 Å². The number of carbonyl (C=O) groups excluding carboxylic acids is 1. The maximum atomic E-state index is 12.6. The van der Waals surface area contributed by atoms with Crippen LogP contribution in [0, 0.1) is 0 Å². The van der Waals surface area contributed by atoms with Crippen molar-refractivity contribution in [3.8, 4) is 0 Å². The van der Waals surface area contributed by atoms with Gasteiger partial charge in [0.15, 0.2) is 5.58 Å². The molecule has 0 unspecified atom stereocenters. The van der Waals surface area contributed by atoms with Gasteiger partial charge < -0.3 is 14.6 Å². The quantitative estimate of drug-likeness (QED) is 0.759. The number of aromatic nitrogens is 3. The first kappa shape index (κ1) is 16.8. The molecule has 138 valence electrons. The predicted molar refractivity (Wildman–Crippen MR) is 97.1 cm³/mol. The number of likely N-dealkylation sites (tertiary alicyclic amines) is 1. The van der Waals surface area contributed by atoms with E-state index in [2.05, 4.69) is 29.2 Å². The molecule has 8 heteroatoms. The lowest BCUT2D eigenvalue weighted by atomic mass is 10.0. The minimum atomic E-state index is -0.302. The van der Waals surface area contributed by atoms with E-state index >= 15 is 0 Å². The summed E-state index contributed by atoms with van der Waals surface area (Å²) in [7, 11) is 0. The third-order valence-corrected chi connectivity index (χ3v) is 5.14. The zero-order chi connectivity index (χ0) is 18.3. The summed E-state index contributed by atoms with van der Waals surface area (Å²) < 4.78 is 8.20. The lowest BCUT2D eigenvalue weighted by molar-refractivity contribution is -0.123. The van der Waals surface area contributed by atoms with E-state index in [-0.39, 0.29) is 24.1 Å². The minimum Gasteiger partial charge on any atom is -0.463 e. The monoisotopic (exact) mass is 357 g/mol. The molecule has 3 aromatic heterocycles. The van der Waals surface area contributed by atoms with Crippen LogP contribution in [0.3, 0.4) is 0 Å². The molecule has 4 heterocycles. The van der Waals surface area contributed by atoms with E-state index in [0.29, 0.717) is 17.1 Å². The maximum Gasteiger partial charge on any atom is 0.291 e. The summed E-state index contributed by atoms with van der Waals surface area (Å²) in [5.74, 6) is -0.179. The highest BCUT2D eigenvalue weighted by Crippen LogP contribution is 2.18. The molecule has 0 spiro atoms. The van der Waals surface area contributed by atoms with Crippen molar-refractivity contribution in [2.24, 2.45) is 0 Å². The average Bonchev–Trinajstić information content (AvgIpc) is 3.19. The van der Waals surface area contributed by atoms with Crippen LogP contribution in [0.1, 0.15) is 26.7 Å². The largest absolute Gasteiger partial charge is 0.463 e. The first-order chi connectivity index (χ1) is 12.5. The van der Waals surface area contributed by atoms with Gasteiger partial charge in [-0.1, -0.05) is 0 Å². The fourth-order valence-corrected chi connectivity index (χ4v) is 3.61. The van der Waals surface area contributed by atoms with Crippen LogP contribution in [0.15, 0.2) is 33.9 Å². The average molecular weight is 357 g/mol. The summed E-state index contributed by atoms with van der Waals surface area (Å²) in [6, 6.07) is 4.15. The molecule has 1 aliphatic heterocycles. The van der Waals surface area contributed by atoms with Gasteiger partial charge in [-0.15, -0.1) is 0 Å². The Bertz CT molecular complexity index is 991. The van der Waals surface area contributed by atoms with Gasteiger partial charge in [-0.3, -0.25) is 14.0 Å².